The second kappa shape index (κ2) is 7.51. The first-order valence-electron chi connectivity index (χ1n) is 8.09. The van der Waals surface area contributed by atoms with Gasteiger partial charge in [-0.25, -0.2) is 15.0 Å². The monoisotopic (exact) mass is 389 g/mol. The summed E-state index contributed by atoms with van der Waals surface area (Å²) in [4.78, 5) is 25.7. The molecule has 0 saturated heterocycles. The molecule has 0 unspecified atom stereocenters. The lowest BCUT2D eigenvalue weighted by Crippen LogP contribution is -2.26. The summed E-state index contributed by atoms with van der Waals surface area (Å²) in [6.45, 7) is 2.05. The van der Waals surface area contributed by atoms with Crippen LogP contribution in [0.1, 0.15) is 18.1 Å². The maximum atomic E-state index is 13.0. The lowest BCUT2D eigenvalue weighted by atomic mass is 10.1. The van der Waals surface area contributed by atoms with Crippen LogP contribution in [0.3, 0.4) is 0 Å². The number of nitriles is 1. The Hall–Kier alpha value is -3.68. The quantitative estimate of drug-likeness (QED) is 0.577. The number of halogens is 3. The molecular formula is C17H14F3N7O. The second-order valence-electron chi connectivity index (χ2n) is 5.80. The summed E-state index contributed by atoms with van der Waals surface area (Å²) in [6, 6.07) is 2.90. The molecule has 3 N–H and O–H groups in total. The van der Waals surface area contributed by atoms with E-state index in [0.717, 1.165) is 12.3 Å². The molecule has 3 aromatic rings. The Morgan fingerprint density at radius 3 is 2.75 bits per heavy atom. The summed E-state index contributed by atoms with van der Waals surface area (Å²) in [5, 5.41) is 15.0. The third kappa shape index (κ3) is 4.01. The lowest BCUT2D eigenvalue weighted by Gasteiger charge is -2.09. The third-order valence-corrected chi connectivity index (χ3v) is 3.80. The zero-order valence-corrected chi connectivity index (χ0v) is 14.6. The summed E-state index contributed by atoms with van der Waals surface area (Å²) >= 11 is 0. The average molecular weight is 389 g/mol. The van der Waals surface area contributed by atoms with E-state index in [2.05, 4.69) is 30.6 Å². The molecule has 0 fully saturated rings. The molecule has 3 heterocycles. The van der Waals surface area contributed by atoms with Gasteiger partial charge in [0.25, 0.3) is 0 Å². The number of aromatic nitrogens is 4. The fourth-order valence-electron chi connectivity index (χ4n) is 2.52. The fraction of sp³-hybridized carbons (Fsp3) is 0.235. The summed E-state index contributed by atoms with van der Waals surface area (Å²) in [7, 11) is 0. The number of anilines is 1. The highest BCUT2D eigenvalue weighted by atomic mass is 19.4. The molecule has 0 spiro atoms. The van der Waals surface area contributed by atoms with E-state index in [9.17, 15) is 23.2 Å². The van der Waals surface area contributed by atoms with Crippen molar-refractivity contribution in [3.05, 3.63) is 35.8 Å². The van der Waals surface area contributed by atoms with Crippen LogP contribution < -0.4 is 10.6 Å². The molecule has 0 aliphatic heterocycles. The second-order valence-corrected chi connectivity index (χ2v) is 5.80. The van der Waals surface area contributed by atoms with Crippen molar-refractivity contribution in [2.75, 3.05) is 18.4 Å². The van der Waals surface area contributed by atoms with Gasteiger partial charge in [0.2, 0.25) is 11.9 Å². The molecule has 0 atom stereocenters. The normalized spacial score (nSPS) is 11.2. The van der Waals surface area contributed by atoms with Crippen molar-refractivity contribution in [2.45, 2.75) is 13.1 Å². The van der Waals surface area contributed by atoms with E-state index in [4.69, 9.17) is 0 Å². The van der Waals surface area contributed by atoms with E-state index in [0.29, 0.717) is 18.7 Å². The number of H-pyrrole nitrogens is 1. The van der Waals surface area contributed by atoms with E-state index in [1.807, 2.05) is 6.07 Å². The van der Waals surface area contributed by atoms with Crippen molar-refractivity contribution in [1.82, 2.24) is 25.3 Å². The maximum absolute atomic E-state index is 13.0. The van der Waals surface area contributed by atoms with Crippen molar-refractivity contribution in [3.8, 4) is 17.3 Å². The predicted octanol–water partition coefficient (Wildman–Crippen LogP) is 2.46. The maximum Gasteiger partial charge on any atom is 0.417 e. The van der Waals surface area contributed by atoms with E-state index < -0.39 is 11.7 Å². The van der Waals surface area contributed by atoms with E-state index in [1.54, 1.807) is 0 Å². The number of hydrogen-bond donors (Lipinski definition) is 3. The predicted molar refractivity (Wildman–Crippen MR) is 94.0 cm³/mol. The van der Waals surface area contributed by atoms with Crippen LogP contribution in [-0.2, 0) is 11.0 Å². The molecule has 8 nitrogen and oxygen atoms in total. The van der Waals surface area contributed by atoms with Gasteiger partial charge in [0.1, 0.15) is 11.7 Å². The van der Waals surface area contributed by atoms with Crippen LogP contribution in [0.15, 0.2) is 24.7 Å². The van der Waals surface area contributed by atoms with Crippen molar-refractivity contribution >= 4 is 22.9 Å². The number of pyridine rings is 1. The molecule has 0 radical (unpaired) electrons. The molecule has 3 aromatic heterocycles. The Morgan fingerprint density at radius 1 is 1.29 bits per heavy atom. The van der Waals surface area contributed by atoms with Gasteiger partial charge < -0.3 is 15.6 Å². The first-order chi connectivity index (χ1) is 13.3. The molecule has 0 aliphatic carbocycles. The van der Waals surface area contributed by atoms with E-state index >= 15 is 0 Å². The van der Waals surface area contributed by atoms with Gasteiger partial charge in [0.15, 0.2) is 0 Å². The number of alkyl halides is 3. The van der Waals surface area contributed by atoms with Crippen molar-refractivity contribution in [3.63, 3.8) is 0 Å². The number of nitrogens with one attached hydrogen (secondary N) is 3. The largest absolute Gasteiger partial charge is 0.417 e. The van der Waals surface area contributed by atoms with E-state index in [-0.39, 0.29) is 34.1 Å². The molecule has 1 amide bonds. The summed E-state index contributed by atoms with van der Waals surface area (Å²) in [6.07, 6.45) is -1.08. The van der Waals surface area contributed by atoms with Crippen LogP contribution in [0.25, 0.3) is 22.3 Å². The summed E-state index contributed by atoms with van der Waals surface area (Å²) in [5.41, 5.74) is -0.0807. The molecule has 0 bridgehead atoms. The Kier molecular flexibility index (Phi) is 5.12. The Labute approximate surface area is 156 Å². The summed E-state index contributed by atoms with van der Waals surface area (Å²) in [5.74, 6) is -0.0105. The fourth-order valence-corrected chi connectivity index (χ4v) is 2.52. The van der Waals surface area contributed by atoms with Crippen molar-refractivity contribution < 1.29 is 18.0 Å². The van der Waals surface area contributed by atoms with Crippen LogP contribution in [0, 0.1) is 11.3 Å². The topological polar surface area (TPSA) is 119 Å². The first-order valence-corrected chi connectivity index (χ1v) is 8.09. The van der Waals surface area contributed by atoms with Crippen molar-refractivity contribution in [2.24, 2.45) is 0 Å². The number of hydrogen-bond acceptors (Lipinski definition) is 6. The van der Waals surface area contributed by atoms with Gasteiger partial charge in [0, 0.05) is 43.4 Å². The number of aromatic amines is 1. The van der Waals surface area contributed by atoms with Gasteiger partial charge in [0.05, 0.1) is 23.0 Å². The molecular weight excluding hydrogens is 375 g/mol. The van der Waals surface area contributed by atoms with Crippen LogP contribution in [0.2, 0.25) is 0 Å². The molecule has 0 aliphatic rings. The Bertz CT molecular complexity index is 1070. The highest BCUT2D eigenvalue weighted by molar-refractivity contribution is 5.94. The highest BCUT2D eigenvalue weighted by Gasteiger charge is 2.31. The molecule has 28 heavy (non-hydrogen) atoms. The number of carbonyl (C=O) groups is 1. The number of fused-ring (bicyclic) bond motifs is 1. The average Bonchev–Trinajstić information content (AvgIpc) is 3.07. The van der Waals surface area contributed by atoms with Crippen LogP contribution >= 0.6 is 0 Å². The number of amides is 1. The van der Waals surface area contributed by atoms with Crippen LogP contribution in [0.4, 0.5) is 19.1 Å². The lowest BCUT2D eigenvalue weighted by molar-refractivity contribution is -0.137. The molecule has 0 aromatic carbocycles. The molecule has 3 rings (SSSR count). The molecule has 144 valence electrons. The first kappa shape index (κ1) is 19.1. The van der Waals surface area contributed by atoms with Crippen molar-refractivity contribution in [1.29, 1.82) is 5.26 Å². The van der Waals surface area contributed by atoms with Gasteiger partial charge in [-0.05, 0) is 6.07 Å². The Morgan fingerprint density at radius 2 is 2.07 bits per heavy atom. The van der Waals surface area contributed by atoms with E-state index in [1.165, 1.54) is 19.3 Å². The number of rotatable bonds is 5. The highest BCUT2D eigenvalue weighted by Crippen LogP contribution is 2.34. The van der Waals surface area contributed by atoms with Crippen LogP contribution in [-0.4, -0.2) is 38.9 Å². The smallest absolute Gasteiger partial charge is 0.355 e. The standard InChI is InChI=1S/C17H14F3N7O/c1-9(28)22-2-3-23-16-26-6-10(5-21)14(27-16)13-8-25-15-12(13)4-11(7-24-15)17(18,19)20/h4,6-8H,2-3H2,1H3,(H,22,28)(H,24,25)(H,23,26,27). The van der Waals surface area contributed by atoms with Gasteiger partial charge in [-0.2, -0.15) is 18.4 Å². The van der Waals surface area contributed by atoms with Gasteiger partial charge in [-0.15, -0.1) is 0 Å². The third-order valence-electron chi connectivity index (χ3n) is 3.80. The number of carbonyl (C=O) groups excluding carboxylic acids is 1. The number of nitrogens with zero attached hydrogens (tertiary/aromatic N) is 4. The van der Waals surface area contributed by atoms with Gasteiger partial charge >= 0.3 is 6.18 Å². The molecule has 0 saturated carbocycles. The SMILES string of the molecule is CC(=O)NCCNc1ncc(C#N)c(-c2c[nH]c3ncc(C(F)(F)F)cc23)n1. The zero-order chi connectivity index (χ0) is 20.3. The Balaban J connectivity index is 1.99. The zero-order valence-electron chi connectivity index (χ0n) is 14.6. The minimum atomic E-state index is -4.55. The minimum Gasteiger partial charge on any atom is -0.355 e. The molecule has 11 heteroatoms. The van der Waals surface area contributed by atoms with Gasteiger partial charge in [-0.3, -0.25) is 4.79 Å². The minimum absolute atomic E-state index is 0.103. The van der Waals surface area contributed by atoms with Gasteiger partial charge in [-0.1, -0.05) is 0 Å². The van der Waals surface area contributed by atoms with Crippen LogP contribution in [0.5, 0.6) is 0 Å². The summed E-state index contributed by atoms with van der Waals surface area (Å²) < 4.78 is 39.1.